The maximum absolute atomic E-state index is 12.0. The third kappa shape index (κ3) is 2.50. The highest BCUT2D eigenvalue weighted by molar-refractivity contribution is 9.10. The Kier molecular flexibility index (Phi) is 4.00. The fourth-order valence-corrected chi connectivity index (χ4v) is 4.44. The van der Waals surface area contributed by atoms with Gasteiger partial charge >= 0.3 is 0 Å². The second-order valence-corrected chi connectivity index (χ2v) is 7.61. The van der Waals surface area contributed by atoms with Gasteiger partial charge in [-0.3, -0.25) is 4.79 Å². The minimum atomic E-state index is -0.292. The molecule has 0 aromatic heterocycles. The number of amidine groups is 1. The molecule has 3 heterocycles. The summed E-state index contributed by atoms with van der Waals surface area (Å²) in [7, 11) is 0. The smallest absolute Gasteiger partial charge is 0.262 e. The Morgan fingerprint density at radius 2 is 2.21 bits per heavy atom. The molecule has 1 fully saturated rings. The van der Waals surface area contributed by atoms with E-state index in [1.54, 1.807) is 0 Å². The summed E-state index contributed by atoms with van der Waals surface area (Å²) in [4.78, 5) is 14.0. The summed E-state index contributed by atoms with van der Waals surface area (Å²) in [5.74, 6) is 2.51. The van der Waals surface area contributed by atoms with Gasteiger partial charge in [-0.2, -0.15) is 5.10 Å². The summed E-state index contributed by atoms with van der Waals surface area (Å²) >= 11 is 3.72. The summed E-state index contributed by atoms with van der Waals surface area (Å²) in [5.41, 5.74) is 4.79. The van der Waals surface area contributed by atoms with E-state index in [4.69, 9.17) is 4.74 Å². The van der Waals surface area contributed by atoms with E-state index in [1.807, 2.05) is 17.9 Å². The molecule has 0 radical (unpaired) electrons. The third-order valence-electron chi connectivity index (χ3n) is 5.22. The van der Waals surface area contributed by atoms with Crippen LogP contribution in [-0.2, 0) is 4.79 Å². The molecule has 24 heavy (non-hydrogen) atoms. The van der Waals surface area contributed by atoms with Crippen LogP contribution in [0, 0.1) is 5.92 Å². The van der Waals surface area contributed by atoms with Crippen LogP contribution in [0.5, 0.6) is 5.75 Å². The van der Waals surface area contributed by atoms with Gasteiger partial charge in [0.2, 0.25) is 0 Å². The number of nitrogens with zero attached hydrogens (tertiary/aromatic N) is 2. The number of carbonyl (C=O) groups is 1. The molecule has 4 rings (SSSR count). The highest BCUT2D eigenvalue weighted by Gasteiger charge is 2.36. The Morgan fingerprint density at radius 1 is 1.38 bits per heavy atom. The van der Waals surface area contributed by atoms with Crippen LogP contribution < -0.4 is 20.4 Å². The van der Waals surface area contributed by atoms with Crippen molar-refractivity contribution in [3.8, 4) is 5.75 Å². The van der Waals surface area contributed by atoms with Crippen LogP contribution in [0.4, 0.5) is 5.69 Å². The average Bonchev–Trinajstić information content (AvgIpc) is 2.58. The van der Waals surface area contributed by atoms with E-state index < -0.39 is 0 Å². The van der Waals surface area contributed by atoms with Crippen LogP contribution in [0.25, 0.3) is 0 Å². The normalized spacial score (nSPS) is 29.1. The van der Waals surface area contributed by atoms with Crippen LogP contribution in [0.3, 0.4) is 0 Å². The molecule has 3 atom stereocenters. The molecule has 1 unspecified atom stereocenters. The minimum absolute atomic E-state index is 0.0914. The predicted molar refractivity (Wildman–Crippen MR) is 96.5 cm³/mol. The Morgan fingerprint density at radius 3 is 3.00 bits per heavy atom. The van der Waals surface area contributed by atoms with Gasteiger partial charge in [-0.1, -0.05) is 22.9 Å². The van der Waals surface area contributed by atoms with E-state index in [-0.39, 0.29) is 11.9 Å². The number of nitrogens with one attached hydrogen (secondary N) is 2. The van der Waals surface area contributed by atoms with E-state index >= 15 is 0 Å². The number of hydrogen-bond donors (Lipinski definition) is 2. The highest BCUT2D eigenvalue weighted by atomic mass is 79.9. The maximum Gasteiger partial charge on any atom is 0.262 e. The lowest BCUT2D eigenvalue weighted by Gasteiger charge is -2.39. The molecule has 0 spiro atoms. The largest absolute Gasteiger partial charge is 0.483 e. The Labute approximate surface area is 149 Å². The molecule has 1 amide bonds. The zero-order valence-electron chi connectivity index (χ0n) is 13.8. The van der Waals surface area contributed by atoms with Crippen molar-refractivity contribution in [3.63, 3.8) is 0 Å². The van der Waals surface area contributed by atoms with Gasteiger partial charge < -0.3 is 15.0 Å². The topological polar surface area (TPSA) is 66.0 Å². The SMILES string of the molecule is CC1C(=O)NN=C2COc3cc(Br)c([C@@H]4CCNC[C@@H]4C)cc3N21. The summed E-state index contributed by atoms with van der Waals surface area (Å²) in [6, 6.07) is 3.92. The predicted octanol–water partition coefficient (Wildman–Crippen LogP) is 2.19. The number of piperidine rings is 1. The number of benzene rings is 1. The Balaban J connectivity index is 1.79. The van der Waals surface area contributed by atoms with Gasteiger partial charge in [0.25, 0.3) is 5.91 Å². The number of rotatable bonds is 1. The first kappa shape index (κ1) is 15.9. The van der Waals surface area contributed by atoms with Crippen molar-refractivity contribution in [1.82, 2.24) is 10.7 Å². The van der Waals surface area contributed by atoms with E-state index in [9.17, 15) is 4.79 Å². The van der Waals surface area contributed by atoms with Gasteiger partial charge in [-0.05, 0) is 56.0 Å². The summed E-state index contributed by atoms with van der Waals surface area (Å²) in [5, 5.41) is 7.61. The number of amides is 1. The molecule has 1 aromatic rings. The molecule has 6 nitrogen and oxygen atoms in total. The van der Waals surface area contributed by atoms with Crippen LogP contribution in [0.2, 0.25) is 0 Å². The number of ether oxygens (including phenoxy) is 1. The molecule has 128 valence electrons. The molecule has 3 aliphatic heterocycles. The molecule has 0 saturated carbocycles. The van der Waals surface area contributed by atoms with Crippen molar-refractivity contribution < 1.29 is 9.53 Å². The van der Waals surface area contributed by atoms with Gasteiger partial charge in [0.15, 0.2) is 5.84 Å². The second-order valence-electron chi connectivity index (χ2n) is 6.76. The molecule has 1 aromatic carbocycles. The molecule has 2 N–H and O–H groups in total. The monoisotopic (exact) mass is 392 g/mol. The van der Waals surface area contributed by atoms with Crippen molar-refractivity contribution in [1.29, 1.82) is 0 Å². The Bertz CT molecular complexity index is 721. The quantitative estimate of drug-likeness (QED) is 0.768. The molecule has 0 bridgehead atoms. The van der Waals surface area contributed by atoms with Crippen molar-refractivity contribution in [2.24, 2.45) is 11.0 Å². The number of carbonyl (C=O) groups excluding carboxylic acids is 1. The molecule has 0 aliphatic carbocycles. The standard InChI is InChI=1S/C17H21BrN4O2/c1-9-7-19-4-3-11(9)12-5-14-15(6-13(12)18)24-8-16-20-21-17(23)10(2)22(14)16/h5-6,9-11,19H,3-4,7-8H2,1-2H3,(H,21,23)/t9-,10?,11+/m0/s1. The van der Waals surface area contributed by atoms with Crippen molar-refractivity contribution in [2.75, 3.05) is 24.6 Å². The average molecular weight is 393 g/mol. The first-order valence-electron chi connectivity index (χ1n) is 8.39. The van der Waals surface area contributed by atoms with E-state index in [0.717, 1.165) is 41.3 Å². The molecular formula is C17H21BrN4O2. The van der Waals surface area contributed by atoms with Gasteiger partial charge in [-0.15, -0.1) is 0 Å². The van der Waals surface area contributed by atoms with Crippen molar-refractivity contribution >= 4 is 33.4 Å². The second kappa shape index (κ2) is 6.04. The van der Waals surface area contributed by atoms with Gasteiger partial charge in [-0.25, -0.2) is 5.43 Å². The summed E-state index contributed by atoms with van der Waals surface area (Å²) < 4.78 is 6.94. The van der Waals surface area contributed by atoms with E-state index in [0.29, 0.717) is 18.4 Å². The zero-order chi connectivity index (χ0) is 16.8. The summed E-state index contributed by atoms with van der Waals surface area (Å²) in [6.45, 7) is 6.61. The zero-order valence-corrected chi connectivity index (χ0v) is 15.4. The maximum atomic E-state index is 12.0. The van der Waals surface area contributed by atoms with Gasteiger partial charge in [0.1, 0.15) is 18.4 Å². The molecule has 3 aliphatic rings. The molecular weight excluding hydrogens is 372 g/mol. The third-order valence-corrected chi connectivity index (χ3v) is 5.91. The fraction of sp³-hybridized carbons (Fsp3) is 0.529. The molecule has 7 heteroatoms. The van der Waals surface area contributed by atoms with Crippen LogP contribution in [0.1, 0.15) is 31.7 Å². The van der Waals surface area contributed by atoms with Crippen LogP contribution in [0.15, 0.2) is 21.7 Å². The molecule has 1 saturated heterocycles. The Hall–Kier alpha value is -1.60. The van der Waals surface area contributed by atoms with E-state index in [2.05, 4.69) is 44.8 Å². The number of halogens is 1. The van der Waals surface area contributed by atoms with Crippen LogP contribution >= 0.6 is 15.9 Å². The fourth-order valence-electron chi connectivity index (χ4n) is 3.82. The number of anilines is 1. The lowest BCUT2D eigenvalue weighted by molar-refractivity contribution is -0.122. The van der Waals surface area contributed by atoms with Crippen molar-refractivity contribution in [2.45, 2.75) is 32.2 Å². The lowest BCUT2D eigenvalue weighted by atomic mass is 9.82. The first-order chi connectivity index (χ1) is 11.6. The number of hydrazone groups is 1. The lowest BCUT2D eigenvalue weighted by Crippen LogP contribution is -2.55. The van der Waals surface area contributed by atoms with Crippen molar-refractivity contribution in [3.05, 3.63) is 22.2 Å². The minimum Gasteiger partial charge on any atom is -0.483 e. The van der Waals surface area contributed by atoms with Gasteiger partial charge in [0, 0.05) is 4.47 Å². The number of fused-ring (bicyclic) bond motifs is 3. The number of hydrogen-bond acceptors (Lipinski definition) is 5. The highest BCUT2D eigenvalue weighted by Crippen LogP contribution is 2.43. The first-order valence-corrected chi connectivity index (χ1v) is 9.18. The van der Waals surface area contributed by atoms with E-state index in [1.165, 1.54) is 5.56 Å². The van der Waals surface area contributed by atoms with Gasteiger partial charge in [0.05, 0.1) is 5.69 Å². The van der Waals surface area contributed by atoms with Crippen LogP contribution in [-0.4, -0.2) is 37.5 Å². The summed E-state index contributed by atoms with van der Waals surface area (Å²) in [6.07, 6.45) is 1.11.